The average Bonchev–Trinajstić information content (AvgIpc) is 2.41. The molecule has 6 heteroatoms. The van der Waals surface area contributed by atoms with Crippen molar-refractivity contribution in [1.29, 1.82) is 0 Å². The standard InChI is InChI=1S/C12H9Cl2N3O/c1-17(9-2-4-15-5-3-9)12(18)8-6-10(13)11(14)16-7-8/h2-7H,1H3. The summed E-state index contributed by atoms with van der Waals surface area (Å²) in [5.41, 5.74) is 1.12. The third-order valence-corrected chi connectivity index (χ3v) is 3.08. The lowest BCUT2D eigenvalue weighted by Crippen LogP contribution is -2.26. The first-order valence-electron chi connectivity index (χ1n) is 5.08. The fraction of sp³-hybridized carbons (Fsp3) is 0.0833. The Hall–Kier alpha value is -1.65. The molecule has 2 aromatic heterocycles. The van der Waals surface area contributed by atoms with Gasteiger partial charge in [-0.2, -0.15) is 0 Å². The summed E-state index contributed by atoms with van der Waals surface area (Å²) in [7, 11) is 1.67. The molecule has 0 aliphatic rings. The molecule has 1 amide bonds. The molecule has 4 nitrogen and oxygen atoms in total. The van der Waals surface area contributed by atoms with E-state index in [0.29, 0.717) is 5.56 Å². The van der Waals surface area contributed by atoms with Crippen molar-refractivity contribution >= 4 is 34.8 Å². The molecule has 0 unspecified atom stereocenters. The Morgan fingerprint density at radius 3 is 2.56 bits per heavy atom. The number of nitrogens with zero attached hydrogens (tertiary/aromatic N) is 3. The van der Waals surface area contributed by atoms with Crippen molar-refractivity contribution in [2.75, 3.05) is 11.9 Å². The van der Waals surface area contributed by atoms with Gasteiger partial charge in [-0.25, -0.2) is 4.98 Å². The Morgan fingerprint density at radius 2 is 1.94 bits per heavy atom. The number of carbonyl (C=O) groups excluding carboxylic acids is 1. The highest BCUT2D eigenvalue weighted by atomic mass is 35.5. The predicted molar refractivity (Wildman–Crippen MR) is 71.2 cm³/mol. The maximum atomic E-state index is 12.2. The zero-order valence-corrected chi connectivity index (χ0v) is 11.0. The van der Waals surface area contributed by atoms with Crippen LogP contribution >= 0.6 is 23.2 Å². The molecule has 2 aromatic rings. The first-order chi connectivity index (χ1) is 8.59. The summed E-state index contributed by atoms with van der Waals surface area (Å²) in [5, 5.41) is 0.436. The van der Waals surface area contributed by atoms with Gasteiger partial charge in [0.15, 0.2) is 0 Å². The molecule has 0 atom stereocenters. The second-order valence-electron chi connectivity index (χ2n) is 3.57. The summed E-state index contributed by atoms with van der Waals surface area (Å²) in [6, 6.07) is 4.97. The molecule has 0 N–H and O–H groups in total. The van der Waals surface area contributed by atoms with Gasteiger partial charge in [0, 0.05) is 31.3 Å². The third-order valence-electron chi connectivity index (χ3n) is 2.40. The van der Waals surface area contributed by atoms with Crippen molar-refractivity contribution in [2.24, 2.45) is 0 Å². The average molecular weight is 282 g/mol. The highest BCUT2D eigenvalue weighted by Gasteiger charge is 2.15. The summed E-state index contributed by atoms with van der Waals surface area (Å²) in [6.45, 7) is 0. The van der Waals surface area contributed by atoms with E-state index in [0.717, 1.165) is 5.69 Å². The Morgan fingerprint density at radius 1 is 1.28 bits per heavy atom. The van der Waals surface area contributed by atoms with Crippen molar-refractivity contribution in [3.8, 4) is 0 Å². The smallest absolute Gasteiger partial charge is 0.259 e. The van der Waals surface area contributed by atoms with Gasteiger partial charge in [-0.3, -0.25) is 9.78 Å². The van der Waals surface area contributed by atoms with Gasteiger partial charge >= 0.3 is 0 Å². The number of aromatic nitrogens is 2. The normalized spacial score (nSPS) is 10.2. The number of anilines is 1. The lowest BCUT2D eigenvalue weighted by atomic mass is 10.2. The van der Waals surface area contributed by atoms with Crippen LogP contribution in [0.2, 0.25) is 10.2 Å². The van der Waals surface area contributed by atoms with Crippen LogP contribution in [0.4, 0.5) is 5.69 Å². The molecule has 0 radical (unpaired) electrons. The molecular weight excluding hydrogens is 273 g/mol. The van der Waals surface area contributed by atoms with Crippen molar-refractivity contribution in [3.05, 3.63) is 52.5 Å². The highest BCUT2D eigenvalue weighted by Crippen LogP contribution is 2.21. The molecule has 0 aliphatic heterocycles. The lowest BCUT2D eigenvalue weighted by molar-refractivity contribution is 0.0992. The summed E-state index contributed by atoms with van der Waals surface area (Å²) in [4.78, 5) is 21.4. The molecule has 0 aromatic carbocycles. The van der Waals surface area contributed by atoms with Crippen molar-refractivity contribution < 1.29 is 4.79 Å². The molecule has 0 spiro atoms. The molecule has 0 saturated carbocycles. The van der Waals surface area contributed by atoms with E-state index >= 15 is 0 Å². The van der Waals surface area contributed by atoms with Gasteiger partial charge in [-0.05, 0) is 18.2 Å². The molecular formula is C12H9Cl2N3O. The minimum atomic E-state index is -0.215. The van der Waals surface area contributed by atoms with E-state index in [-0.39, 0.29) is 16.1 Å². The van der Waals surface area contributed by atoms with Crippen LogP contribution in [-0.4, -0.2) is 22.9 Å². The predicted octanol–water partition coefficient (Wildman–Crippen LogP) is 3.06. The number of rotatable bonds is 2. The topological polar surface area (TPSA) is 46.1 Å². The quantitative estimate of drug-likeness (QED) is 0.795. The second-order valence-corrected chi connectivity index (χ2v) is 4.33. The Bertz CT molecular complexity index is 575. The van der Waals surface area contributed by atoms with Crippen molar-refractivity contribution in [1.82, 2.24) is 9.97 Å². The Balaban J connectivity index is 2.29. The summed E-state index contributed by atoms with van der Waals surface area (Å²) < 4.78 is 0. The van der Waals surface area contributed by atoms with E-state index in [4.69, 9.17) is 23.2 Å². The fourth-order valence-electron chi connectivity index (χ4n) is 1.42. The molecule has 0 bridgehead atoms. The molecule has 2 heterocycles. The van der Waals surface area contributed by atoms with E-state index in [1.54, 1.807) is 31.6 Å². The molecule has 18 heavy (non-hydrogen) atoms. The molecule has 0 fully saturated rings. The van der Waals surface area contributed by atoms with Crippen LogP contribution in [0, 0.1) is 0 Å². The number of pyridine rings is 2. The van der Waals surface area contributed by atoms with Crippen LogP contribution in [0.25, 0.3) is 0 Å². The summed E-state index contributed by atoms with van der Waals surface area (Å²) >= 11 is 11.5. The third kappa shape index (κ3) is 2.60. The first-order valence-corrected chi connectivity index (χ1v) is 5.84. The van der Waals surface area contributed by atoms with Crippen LogP contribution < -0.4 is 4.90 Å². The molecule has 0 saturated heterocycles. The zero-order chi connectivity index (χ0) is 13.1. The van der Waals surface area contributed by atoms with Crippen molar-refractivity contribution in [3.63, 3.8) is 0 Å². The number of hydrogen-bond acceptors (Lipinski definition) is 3. The van der Waals surface area contributed by atoms with Gasteiger partial charge in [0.05, 0.1) is 10.6 Å². The fourth-order valence-corrected chi connectivity index (χ4v) is 1.69. The lowest BCUT2D eigenvalue weighted by Gasteiger charge is -2.16. The van der Waals surface area contributed by atoms with Crippen LogP contribution in [0.1, 0.15) is 10.4 Å². The number of carbonyl (C=O) groups is 1. The van der Waals surface area contributed by atoms with E-state index in [2.05, 4.69) is 9.97 Å². The van der Waals surface area contributed by atoms with E-state index < -0.39 is 0 Å². The Labute approximate surface area is 114 Å². The molecule has 0 aliphatic carbocycles. The zero-order valence-electron chi connectivity index (χ0n) is 9.47. The number of halogens is 2. The minimum absolute atomic E-state index is 0.180. The largest absolute Gasteiger partial charge is 0.311 e. The second kappa shape index (κ2) is 5.33. The van der Waals surface area contributed by atoms with E-state index in [9.17, 15) is 4.79 Å². The number of amides is 1. The maximum absolute atomic E-state index is 12.2. The van der Waals surface area contributed by atoms with Gasteiger partial charge in [0.1, 0.15) is 5.15 Å². The molecule has 2 rings (SSSR count). The van der Waals surface area contributed by atoms with Gasteiger partial charge in [0.25, 0.3) is 5.91 Å². The van der Waals surface area contributed by atoms with Crippen molar-refractivity contribution in [2.45, 2.75) is 0 Å². The maximum Gasteiger partial charge on any atom is 0.259 e. The minimum Gasteiger partial charge on any atom is -0.311 e. The van der Waals surface area contributed by atoms with Crippen LogP contribution in [0.3, 0.4) is 0 Å². The van der Waals surface area contributed by atoms with Crippen LogP contribution in [-0.2, 0) is 0 Å². The van der Waals surface area contributed by atoms with Gasteiger partial charge in [-0.1, -0.05) is 23.2 Å². The van der Waals surface area contributed by atoms with E-state index in [1.165, 1.54) is 17.2 Å². The van der Waals surface area contributed by atoms with Crippen LogP contribution in [0.5, 0.6) is 0 Å². The SMILES string of the molecule is CN(C(=O)c1cnc(Cl)c(Cl)c1)c1ccncc1. The Kier molecular flexibility index (Phi) is 3.79. The van der Waals surface area contributed by atoms with Gasteiger partial charge in [-0.15, -0.1) is 0 Å². The highest BCUT2D eigenvalue weighted by molar-refractivity contribution is 6.41. The van der Waals surface area contributed by atoms with Gasteiger partial charge < -0.3 is 4.90 Å². The number of hydrogen-bond donors (Lipinski definition) is 0. The molecule has 92 valence electrons. The van der Waals surface area contributed by atoms with Gasteiger partial charge in [0.2, 0.25) is 0 Å². The van der Waals surface area contributed by atoms with E-state index in [1.807, 2.05) is 0 Å². The van der Waals surface area contributed by atoms with Crippen LogP contribution in [0.15, 0.2) is 36.8 Å². The summed E-state index contributed by atoms with van der Waals surface area (Å²) in [5.74, 6) is -0.215. The monoisotopic (exact) mass is 281 g/mol. The summed E-state index contributed by atoms with van der Waals surface area (Å²) in [6.07, 6.45) is 4.63. The first kappa shape index (κ1) is 12.8.